The fourth-order valence-electron chi connectivity index (χ4n) is 1.65. The average molecular weight is 268 g/mol. The van der Waals surface area contributed by atoms with Gasteiger partial charge < -0.3 is 4.74 Å². The van der Waals surface area contributed by atoms with E-state index in [2.05, 4.69) is 9.97 Å². The minimum atomic E-state index is -0.557. The van der Waals surface area contributed by atoms with Crippen molar-refractivity contribution < 1.29 is 9.53 Å². The van der Waals surface area contributed by atoms with Crippen molar-refractivity contribution in [3.05, 3.63) is 23.2 Å². The van der Waals surface area contributed by atoms with Gasteiger partial charge in [0.15, 0.2) is 5.65 Å². The molecule has 2 rings (SSSR count). The number of rotatable bonds is 0. The van der Waals surface area contributed by atoms with Crippen LogP contribution in [0.1, 0.15) is 26.3 Å². The minimum absolute atomic E-state index is 0.333. The predicted molar refractivity (Wildman–Crippen MR) is 68.9 cm³/mol. The number of hydrogen-bond acceptors (Lipinski definition) is 4. The van der Waals surface area contributed by atoms with Crippen LogP contribution in [0.25, 0.3) is 11.0 Å². The number of carbonyl (C=O) groups excluding carboxylic acids is 1. The van der Waals surface area contributed by atoms with Crippen LogP contribution < -0.4 is 0 Å². The molecule has 0 aliphatic heterocycles. The van der Waals surface area contributed by atoms with E-state index in [1.165, 1.54) is 10.9 Å². The van der Waals surface area contributed by atoms with Crippen LogP contribution in [0.5, 0.6) is 0 Å². The molecule has 0 aromatic carbocycles. The number of aromatic nitrogens is 3. The molecule has 0 saturated carbocycles. The van der Waals surface area contributed by atoms with Crippen LogP contribution in [0.3, 0.4) is 0 Å². The van der Waals surface area contributed by atoms with Crippen LogP contribution in [0.2, 0.25) is 5.15 Å². The molecule has 2 aromatic heterocycles. The van der Waals surface area contributed by atoms with Gasteiger partial charge in [-0.2, -0.15) is 0 Å². The molecule has 6 heteroatoms. The second-order valence-electron chi connectivity index (χ2n) is 5.03. The third-order valence-corrected chi connectivity index (χ3v) is 2.60. The Morgan fingerprint density at radius 3 is 2.67 bits per heavy atom. The van der Waals surface area contributed by atoms with Gasteiger partial charge in [-0.1, -0.05) is 11.6 Å². The summed E-state index contributed by atoms with van der Waals surface area (Å²) >= 11 is 6.00. The van der Waals surface area contributed by atoms with Crippen LogP contribution in [-0.4, -0.2) is 26.2 Å². The van der Waals surface area contributed by atoms with Crippen molar-refractivity contribution >= 4 is 28.7 Å². The first kappa shape index (κ1) is 12.8. The van der Waals surface area contributed by atoms with Crippen molar-refractivity contribution in [2.75, 3.05) is 0 Å². The summed E-state index contributed by atoms with van der Waals surface area (Å²) in [6.45, 7) is 7.28. The summed E-state index contributed by atoms with van der Waals surface area (Å²) in [7, 11) is 0. The summed E-state index contributed by atoms with van der Waals surface area (Å²) in [5, 5.41) is 1.00. The van der Waals surface area contributed by atoms with E-state index in [1.807, 2.05) is 27.7 Å². The first-order chi connectivity index (χ1) is 8.29. The lowest BCUT2D eigenvalue weighted by molar-refractivity contribution is 0.0543. The number of ether oxygens (including phenoxy) is 1. The molecule has 0 aliphatic rings. The fourth-order valence-corrected chi connectivity index (χ4v) is 1.92. The lowest BCUT2D eigenvalue weighted by atomic mass is 10.2. The highest BCUT2D eigenvalue weighted by Crippen LogP contribution is 2.25. The molecule has 0 N–H and O–H groups in total. The summed E-state index contributed by atoms with van der Waals surface area (Å²) in [5.41, 5.74) is 0.738. The molecule has 0 radical (unpaired) electrons. The van der Waals surface area contributed by atoms with E-state index in [-0.39, 0.29) is 0 Å². The number of fused-ring (bicyclic) bond motifs is 1. The molecule has 2 aromatic rings. The first-order valence-electron chi connectivity index (χ1n) is 5.51. The Hall–Kier alpha value is -1.62. The molecular weight excluding hydrogens is 254 g/mol. The maximum absolute atomic E-state index is 12.0. The molecular formula is C12H14ClN3O2. The average Bonchev–Trinajstić information content (AvgIpc) is 2.55. The van der Waals surface area contributed by atoms with Crippen molar-refractivity contribution in [2.45, 2.75) is 33.3 Å². The molecule has 0 atom stereocenters. The summed E-state index contributed by atoms with van der Waals surface area (Å²) in [6.07, 6.45) is 2.50. The van der Waals surface area contributed by atoms with Crippen LogP contribution in [0.4, 0.5) is 4.79 Å². The zero-order chi connectivity index (χ0) is 13.5. The van der Waals surface area contributed by atoms with Gasteiger partial charge in [0.25, 0.3) is 0 Å². The second-order valence-corrected chi connectivity index (χ2v) is 5.38. The predicted octanol–water partition coefficient (Wildman–Crippen LogP) is 3.18. The van der Waals surface area contributed by atoms with Gasteiger partial charge in [-0.05, 0) is 33.3 Å². The van der Waals surface area contributed by atoms with Gasteiger partial charge in [0.05, 0.1) is 5.39 Å². The SMILES string of the molecule is Cc1cn(C(=O)OC(C)(C)C)c2ncnc(Cl)c12. The molecule has 18 heavy (non-hydrogen) atoms. The Labute approximate surface area is 110 Å². The molecule has 0 bridgehead atoms. The standard InChI is InChI=1S/C12H14ClN3O2/c1-7-5-16(11(17)18-12(2,3)4)10-8(7)9(13)14-6-15-10/h5-6H,1-4H3. The molecule has 5 nitrogen and oxygen atoms in total. The Kier molecular flexibility index (Phi) is 3.02. The van der Waals surface area contributed by atoms with E-state index in [0.717, 1.165) is 5.56 Å². The maximum Gasteiger partial charge on any atom is 0.420 e. The Balaban J connectivity index is 2.53. The van der Waals surface area contributed by atoms with Crippen LogP contribution in [0.15, 0.2) is 12.5 Å². The Morgan fingerprint density at radius 1 is 1.39 bits per heavy atom. The zero-order valence-corrected chi connectivity index (χ0v) is 11.4. The highest BCUT2D eigenvalue weighted by atomic mass is 35.5. The molecule has 0 spiro atoms. The van der Waals surface area contributed by atoms with Crippen LogP contribution in [-0.2, 0) is 4.74 Å². The van der Waals surface area contributed by atoms with Crippen LogP contribution >= 0.6 is 11.6 Å². The Morgan fingerprint density at radius 2 is 2.06 bits per heavy atom. The maximum atomic E-state index is 12.0. The smallest absolute Gasteiger partial charge is 0.420 e. The second kappa shape index (κ2) is 4.24. The summed E-state index contributed by atoms with van der Waals surface area (Å²) in [4.78, 5) is 20.0. The topological polar surface area (TPSA) is 57.0 Å². The van der Waals surface area contributed by atoms with Gasteiger partial charge in [-0.3, -0.25) is 0 Å². The van der Waals surface area contributed by atoms with Gasteiger partial charge in [0.2, 0.25) is 0 Å². The third-order valence-electron chi connectivity index (χ3n) is 2.32. The van der Waals surface area contributed by atoms with Gasteiger partial charge >= 0.3 is 6.09 Å². The number of halogens is 1. The van der Waals surface area contributed by atoms with Crippen molar-refractivity contribution in [3.8, 4) is 0 Å². The highest BCUT2D eigenvalue weighted by molar-refractivity contribution is 6.34. The fraction of sp³-hybridized carbons (Fsp3) is 0.417. The van der Waals surface area contributed by atoms with Crippen molar-refractivity contribution in [1.82, 2.24) is 14.5 Å². The normalized spacial score (nSPS) is 11.8. The van der Waals surface area contributed by atoms with E-state index in [9.17, 15) is 4.79 Å². The molecule has 0 saturated heterocycles. The highest BCUT2D eigenvalue weighted by Gasteiger charge is 2.21. The molecule has 96 valence electrons. The molecule has 0 fully saturated rings. The van der Waals surface area contributed by atoms with E-state index in [4.69, 9.17) is 16.3 Å². The van der Waals surface area contributed by atoms with Crippen LogP contribution in [0, 0.1) is 6.92 Å². The number of nitrogens with zero attached hydrogens (tertiary/aromatic N) is 3. The van der Waals surface area contributed by atoms with E-state index < -0.39 is 11.7 Å². The first-order valence-corrected chi connectivity index (χ1v) is 5.89. The lowest BCUT2D eigenvalue weighted by Crippen LogP contribution is -2.26. The molecule has 0 unspecified atom stereocenters. The largest absolute Gasteiger partial charge is 0.443 e. The van der Waals surface area contributed by atoms with E-state index in [0.29, 0.717) is 16.2 Å². The monoisotopic (exact) mass is 267 g/mol. The zero-order valence-electron chi connectivity index (χ0n) is 10.7. The summed E-state index contributed by atoms with van der Waals surface area (Å²) in [6, 6.07) is 0. The quantitative estimate of drug-likeness (QED) is 0.688. The van der Waals surface area contributed by atoms with Gasteiger partial charge in [0.1, 0.15) is 17.1 Å². The van der Waals surface area contributed by atoms with Crippen molar-refractivity contribution in [2.24, 2.45) is 0 Å². The van der Waals surface area contributed by atoms with Crippen molar-refractivity contribution in [1.29, 1.82) is 0 Å². The molecule has 2 heterocycles. The summed E-state index contributed by atoms with van der Waals surface area (Å²) < 4.78 is 6.66. The van der Waals surface area contributed by atoms with Gasteiger partial charge in [-0.15, -0.1) is 0 Å². The van der Waals surface area contributed by atoms with Gasteiger partial charge in [-0.25, -0.2) is 19.3 Å². The third kappa shape index (κ3) is 2.31. The number of aryl methyl sites for hydroxylation is 1. The number of hydrogen-bond donors (Lipinski definition) is 0. The van der Waals surface area contributed by atoms with Gasteiger partial charge in [0, 0.05) is 6.20 Å². The molecule has 0 amide bonds. The van der Waals surface area contributed by atoms with Crippen molar-refractivity contribution in [3.63, 3.8) is 0 Å². The Bertz CT molecular complexity index is 614. The minimum Gasteiger partial charge on any atom is -0.443 e. The van der Waals surface area contributed by atoms with E-state index in [1.54, 1.807) is 6.20 Å². The number of carbonyl (C=O) groups is 1. The molecule has 0 aliphatic carbocycles. The lowest BCUT2D eigenvalue weighted by Gasteiger charge is -2.19. The van der Waals surface area contributed by atoms with E-state index >= 15 is 0 Å². The summed E-state index contributed by atoms with van der Waals surface area (Å²) in [5.74, 6) is 0.